The number of likely N-dealkylation sites (N-methyl/N-ethyl adjacent to an activating group) is 1. The minimum Gasteiger partial charge on any atom is -0.358 e. The minimum absolute atomic E-state index is 0.263. The first-order chi connectivity index (χ1) is 12.3. The molecular weight excluding hydrogens is 397 g/mol. The highest BCUT2D eigenvalue weighted by Gasteiger charge is 2.15. The van der Waals surface area contributed by atoms with E-state index in [-0.39, 0.29) is 6.54 Å². The van der Waals surface area contributed by atoms with Gasteiger partial charge in [0.25, 0.3) is 0 Å². The van der Waals surface area contributed by atoms with Crippen molar-refractivity contribution in [3.8, 4) is 5.69 Å². The van der Waals surface area contributed by atoms with Crippen molar-refractivity contribution in [3.63, 3.8) is 0 Å². The maximum atomic E-state index is 11.2. The summed E-state index contributed by atoms with van der Waals surface area (Å²) in [7, 11) is -1.41. The van der Waals surface area contributed by atoms with Crippen LogP contribution in [0, 0.1) is 0 Å². The van der Waals surface area contributed by atoms with Gasteiger partial charge in [-0.25, -0.2) is 23.1 Å². The summed E-state index contributed by atoms with van der Waals surface area (Å²) in [5.41, 5.74) is 1.42. The molecule has 0 atom stereocenters. The zero-order chi connectivity index (χ0) is 18.9. The van der Waals surface area contributed by atoms with E-state index >= 15 is 0 Å². The second kappa shape index (κ2) is 7.40. The Morgan fingerprint density at radius 2 is 2.08 bits per heavy atom. The molecule has 0 saturated heterocycles. The zero-order valence-corrected chi connectivity index (χ0v) is 16.5. The third-order valence-electron chi connectivity index (χ3n) is 3.82. The summed E-state index contributed by atoms with van der Waals surface area (Å²) in [5, 5.41) is 1.63. The number of sulfonamides is 1. The maximum absolute atomic E-state index is 11.2. The molecule has 1 aromatic carbocycles. The first kappa shape index (κ1) is 18.9. The number of nitrogens with zero attached hydrogens (tertiary/aromatic N) is 4. The predicted molar refractivity (Wildman–Crippen MR) is 105 cm³/mol. The van der Waals surface area contributed by atoms with Gasteiger partial charge in [-0.1, -0.05) is 23.2 Å². The van der Waals surface area contributed by atoms with Crippen molar-refractivity contribution in [3.05, 3.63) is 47.0 Å². The van der Waals surface area contributed by atoms with Crippen molar-refractivity contribution in [2.24, 2.45) is 0 Å². The lowest BCUT2D eigenvalue weighted by Gasteiger charge is -2.20. The molecule has 0 radical (unpaired) electrons. The van der Waals surface area contributed by atoms with Gasteiger partial charge in [-0.05, 0) is 12.1 Å². The molecule has 0 aliphatic heterocycles. The molecule has 0 fully saturated rings. The molecular formula is C16H17Cl2N5O2S. The molecule has 26 heavy (non-hydrogen) atoms. The molecule has 1 N–H and O–H groups in total. The van der Waals surface area contributed by atoms with Gasteiger partial charge in [0, 0.05) is 44.0 Å². The molecule has 10 heteroatoms. The van der Waals surface area contributed by atoms with Crippen LogP contribution < -0.4 is 9.62 Å². The fourth-order valence-electron chi connectivity index (χ4n) is 2.53. The highest BCUT2D eigenvalue weighted by atomic mass is 35.5. The number of pyridine rings is 1. The largest absolute Gasteiger partial charge is 0.358 e. The molecule has 0 aliphatic rings. The molecule has 0 unspecified atom stereocenters. The Morgan fingerprint density at radius 1 is 1.31 bits per heavy atom. The fraction of sp³-hybridized carbons (Fsp3) is 0.250. The van der Waals surface area contributed by atoms with Gasteiger partial charge >= 0.3 is 0 Å². The SMILES string of the molecule is CN(CCNS(C)(=O)=O)c1cc(-n2ccnc2)c2ccc(Cl)c(Cl)c2n1. The predicted octanol–water partition coefficient (Wildman–Crippen LogP) is 2.71. The number of rotatable bonds is 6. The lowest BCUT2D eigenvalue weighted by Crippen LogP contribution is -2.32. The number of fused-ring (bicyclic) bond motifs is 1. The summed E-state index contributed by atoms with van der Waals surface area (Å²) in [6.07, 6.45) is 6.32. The van der Waals surface area contributed by atoms with Crippen molar-refractivity contribution < 1.29 is 8.42 Å². The molecule has 0 saturated carbocycles. The molecule has 0 bridgehead atoms. The molecule has 0 spiro atoms. The van der Waals surface area contributed by atoms with Crippen LogP contribution in [0.15, 0.2) is 36.9 Å². The van der Waals surface area contributed by atoms with Gasteiger partial charge in [-0.15, -0.1) is 0 Å². The Kier molecular flexibility index (Phi) is 5.38. The van der Waals surface area contributed by atoms with E-state index in [1.54, 1.807) is 18.6 Å². The molecule has 7 nitrogen and oxygen atoms in total. The van der Waals surface area contributed by atoms with Gasteiger partial charge in [0.1, 0.15) is 5.82 Å². The van der Waals surface area contributed by atoms with Crippen LogP contribution in [-0.2, 0) is 10.0 Å². The van der Waals surface area contributed by atoms with Crippen molar-refractivity contribution in [2.75, 3.05) is 31.3 Å². The highest BCUT2D eigenvalue weighted by molar-refractivity contribution is 7.88. The quantitative estimate of drug-likeness (QED) is 0.671. The van der Waals surface area contributed by atoms with Crippen molar-refractivity contribution in [1.82, 2.24) is 19.3 Å². The average molecular weight is 414 g/mol. The number of imidazole rings is 1. The highest BCUT2D eigenvalue weighted by Crippen LogP contribution is 2.34. The smallest absolute Gasteiger partial charge is 0.208 e. The van der Waals surface area contributed by atoms with Crippen LogP contribution in [0.1, 0.15) is 0 Å². The summed E-state index contributed by atoms with van der Waals surface area (Å²) < 4.78 is 26.8. The second-order valence-electron chi connectivity index (χ2n) is 5.82. The Morgan fingerprint density at radius 3 is 2.73 bits per heavy atom. The van der Waals surface area contributed by atoms with Crippen molar-refractivity contribution >= 4 is 49.9 Å². The molecule has 138 valence electrons. The molecule has 2 heterocycles. The van der Waals surface area contributed by atoms with Crippen LogP contribution in [0.3, 0.4) is 0 Å². The van der Waals surface area contributed by atoms with Gasteiger partial charge in [0.2, 0.25) is 10.0 Å². The van der Waals surface area contributed by atoms with E-state index in [2.05, 4.69) is 14.7 Å². The van der Waals surface area contributed by atoms with Gasteiger partial charge in [-0.3, -0.25) is 0 Å². The van der Waals surface area contributed by atoms with Gasteiger partial charge in [-0.2, -0.15) is 0 Å². The van der Waals surface area contributed by atoms with Gasteiger partial charge in [0.15, 0.2) is 0 Å². The normalized spacial score (nSPS) is 11.8. The number of aromatic nitrogens is 3. The lowest BCUT2D eigenvalue weighted by atomic mass is 10.1. The number of halogens is 2. The van der Waals surface area contributed by atoms with E-state index in [9.17, 15) is 8.42 Å². The summed E-state index contributed by atoms with van der Waals surface area (Å²) in [6, 6.07) is 5.49. The Bertz CT molecular complexity index is 1040. The monoisotopic (exact) mass is 413 g/mol. The standard InChI is InChI=1S/C16H17Cl2N5O2S/c1-22(7-6-20-26(2,24)25)14-9-13(23-8-5-19-10-23)11-3-4-12(17)15(18)16(11)21-14/h3-5,8-10,20H,6-7H2,1-2H3. The fourth-order valence-corrected chi connectivity index (χ4v) is 3.35. The van der Waals surface area contributed by atoms with Crippen LogP contribution in [0.4, 0.5) is 5.82 Å². The number of hydrogen-bond donors (Lipinski definition) is 1. The number of benzene rings is 1. The Hall–Kier alpha value is -1.87. The number of nitrogens with one attached hydrogen (secondary N) is 1. The first-order valence-corrected chi connectivity index (χ1v) is 10.3. The van der Waals surface area contributed by atoms with E-state index in [1.165, 1.54) is 0 Å². The third-order valence-corrected chi connectivity index (χ3v) is 5.35. The molecule has 0 amide bonds. The second-order valence-corrected chi connectivity index (χ2v) is 8.43. The molecule has 0 aliphatic carbocycles. The Balaban J connectivity index is 2.04. The van der Waals surface area contributed by atoms with Crippen LogP contribution in [-0.4, -0.2) is 49.3 Å². The van der Waals surface area contributed by atoms with E-state index in [0.29, 0.717) is 27.9 Å². The molecule has 2 aromatic heterocycles. The van der Waals surface area contributed by atoms with Crippen molar-refractivity contribution in [1.29, 1.82) is 0 Å². The lowest BCUT2D eigenvalue weighted by molar-refractivity contribution is 0.587. The maximum Gasteiger partial charge on any atom is 0.208 e. The van der Waals surface area contributed by atoms with Gasteiger partial charge < -0.3 is 9.47 Å². The van der Waals surface area contributed by atoms with Crippen LogP contribution in [0.25, 0.3) is 16.6 Å². The minimum atomic E-state index is -3.24. The number of anilines is 1. The molecule has 3 aromatic rings. The van der Waals surface area contributed by atoms with Crippen LogP contribution in [0.2, 0.25) is 10.0 Å². The summed E-state index contributed by atoms with van der Waals surface area (Å²) in [5.74, 6) is 0.640. The zero-order valence-electron chi connectivity index (χ0n) is 14.1. The average Bonchev–Trinajstić information content (AvgIpc) is 3.10. The number of hydrogen-bond acceptors (Lipinski definition) is 5. The van der Waals surface area contributed by atoms with E-state index in [0.717, 1.165) is 17.3 Å². The molecule has 3 rings (SSSR count). The van der Waals surface area contributed by atoms with Crippen molar-refractivity contribution in [2.45, 2.75) is 0 Å². The summed E-state index contributed by atoms with van der Waals surface area (Å²) in [6.45, 7) is 0.700. The topological polar surface area (TPSA) is 80.1 Å². The third kappa shape index (κ3) is 4.09. The van der Waals surface area contributed by atoms with Gasteiger partial charge in [0.05, 0.1) is 33.8 Å². The first-order valence-electron chi connectivity index (χ1n) is 7.69. The Labute approximate surface area is 161 Å². The van der Waals surface area contributed by atoms with Crippen LogP contribution >= 0.6 is 23.2 Å². The van der Waals surface area contributed by atoms with E-state index in [1.807, 2.05) is 34.8 Å². The van der Waals surface area contributed by atoms with E-state index < -0.39 is 10.0 Å². The summed E-state index contributed by atoms with van der Waals surface area (Å²) >= 11 is 12.5. The summed E-state index contributed by atoms with van der Waals surface area (Å²) in [4.78, 5) is 10.6. The van der Waals surface area contributed by atoms with E-state index in [4.69, 9.17) is 23.2 Å². The van der Waals surface area contributed by atoms with Crippen LogP contribution in [0.5, 0.6) is 0 Å².